The number of hydrazone groups is 1. The maximum absolute atomic E-state index is 13.3. The molecule has 2 amide bonds. The first-order chi connectivity index (χ1) is 15.0. The Morgan fingerprint density at radius 1 is 0.903 bits per heavy atom. The Hall–Kier alpha value is -3.84. The van der Waals surface area contributed by atoms with Gasteiger partial charge in [-0.25, -0.2) is 10.4 Å². The molecule has 4 aromatic rings. The Morgan fingerprint density at radius 2 is 1.65 bits per heavy atom. The van der Waals surface area contributed by atoms with E-state index in [2.05, 4.69) is 15.8 Å². The van der Waals surface area contributed by atoms with Gasteiger partial charge in [-0.15, -0.1) is 11.3 Å². The summed E-state index contributed by atoms with van der Waals surface area (Å²) in [5.74, 6) is -0.676. The summed E-state index contributed by atoms with van der Waals surface area (Å²) in [5.41, 5.74) is 6.44. The number of nitrogens with zero attached hydrogens (tertiary/aromatic N) is 2. The van der Waals surface area contributed by atoms with Crippen molar-refractivity contribution in [2.45, 2.75) is 13.8 Å². The smallest absolute Gasteiger partial charge is 0.274 e. The van der Waals surface area contributed by atoms with Crippen LogP contribution in [0.25, 0.3) is 22.2 Å². The summed E-state index contributed by atoms with van der Waals surface area (Å²) < 4.78 is 0. The number of aromatic nitrogens is 1. The fraction of sp³-hybridized carbons (Fsp3) is 0.0833. The van der Waals surface area contributed by atoms with Crippen molar-refractivity contribution in [1.82, 2.24) is 10.4 Å². The van der Waals surface area contributed by atoms with Gasteiger partial charge in [0.1, 0.15) is 5.00 Å². The zero-order valence-corrected chi connectivity index (χ0v) is 17.9. The van der Waals surface area contributed by atoms with Crippen molar-refractivity contribution < 1.29 is 9.59 Å². The first-order valence-electron chi connectivity index (χ1n) is 9.68. The second-order valence-electron chi connectivity index (χ2n) is 7.06. The number of anilines is 1. The largest absolute Gasteiger partial charge is 0.313 e. The van der Waals surface area contributed by atoms with Gasteiger partial charge in [0.05, 0.1) is 22.3 Å². The normalized spacial score (nSPS) is 10.5. The summed E-state index contributed by atoms with van der Waals surface area (Å²) in [6.07, 6.45) is 0. The van der Waals surface area contributed by atoms with E-state index in [1.165, 1.54) is 11.3 Å². The number of carbonyl (C=O) groups is 2. The Labute approximate surface area is 183 Å². The molecule has 0 aliphatic heterocycles. The van der Waals surface area contributed by atoms with E-state index in [0.29, 0.717) is 21.8 Å². The van der Waals surface area contributed by atoms with Crippen LogP contribution in [0.15, 0.2) is 77.2 Å². The second kappa shape index (κ2) is 8.89. The van der Waals surface area contributed by atoms with Crippen molar-refractivity contribution in [1.29, 1.82) is 0 Å². The molecule has 0 bridgehead atoms. The van der Waals surface area contributed by atoms with Gasteiger partial charge in [0.15, 0.2) is 0 Å². The molecule has 0 fully saturated rings. The molecular weight excluding hydrogens is 408 g/mol. The monoisotopic (exact) mass is 428 g/mol. The lowest BCUT2D eigenvalue weighted by Crippen LogP contribution is -2.20. The van der Waals surface area contributed by atoms with Crippen LogP contribution in [0.5, 0.6) is 0 Å². The lowest BCUT2D eigenvalue weighted by atomic mass is 10.0. The lowest BCUT2D eigenvalue weighted by Gasteiger charge is -2.11. The van der Waals surface area contributed by atoms with E-state index in [1.807, 2.05) is 54.6 Å². The lowest BCUT2D eigenvalue weighted by molar-refractivity contribution is 0.0956. The van der Waals surface area contributed by atoms with Crippen LogP contribution in [0.4, 0.5) is 5.00 Å². The standard InChI is InChI=1S/C24H20N4O2S/c1-15(2)27-28-23(30)18-12-13-31-24(18)26-22(29)19-14-21(16-8-4-3-5-9-16)25-20-11-7-6-10-17(19)20/h3-14H,1-2H3,(H,26,29)(H,28,30). The Balaban J connectivity index is 1.70. The Bertz CT molecular complexity index is 1290. The number of rotatable bonds is 5. The molecule has 2 aromatic carbocycles. The highest BCUT2D eigenvalue weighted by atomic mass is 32.1. The highest BCUT2D eigenvalue weighted by Gasteiger charge is 2.18. The van der Waals surface area contributed by atoms with E-state index in [0.717, 1.165) is 22.2 Å². The van der Waals surface area contributed by atoms with Gasteiger partial charge in [-0.2, -0.15) is 5.10 Å². The minimum atomic E-state index is -0.373. The van der Waals surface area contributed by atoms with Crippen LogP contribution in [0.3, 0.4) is 0 Å². The molecule has 2 N–H and O–H groups in total. The molecule has 2 heterocycles. The number of nitrogens with one attached hydrogen (secondary N) is 2. The molecule has 6 nitrogen and oxygen atoms in total. The van der Waals surface area contributed by atoms with E-state index >= 15 is 0 Å². The summed E-state index contributed by atoms with van der Waals surface area (Å²) in [7, 11) is 0. The number of benzene rings is 2. The SMILES string of the molecule is CC(C)=NNC(=O)c1ccsc1NC(=O)c1cc(-c2ccccc2)nc2ccccc12. The third kappa shape index (κ3) is 4.51. The van der Waals surface area contributed by atoms with Crippen molar-refractivity contribution in [3.8, 4) is 11.3 Å². The van der Waals surface area contributed by atoms with Crippen molar-refractivity contribution in [3.05, 3.63) is 83.2 Å². The average Bonchev–Trinajstić information content (AvgIpc) is 3.25. The van der Waals surface area contributed by atoms with Crippen LogP contribution in [0, 0.1) is 0 Å². The maximum Gasteiger partial charge on any atom is 0.274 e. The number of thiophene rings is 1. The van der Waals surface area contributed by atoms with E-state index in [4.69, 9.17) is 4.98 Å². The minimum Gasteiger partial charge on any atom is -0.313 e. The number of amides is 2. The van der Waals surface area contributed by atoms with Crippen LogP contribution >= 0.6 is 11.3 Å². The van der Waals surface area contributed by atoms with E-state index in [-0.39, 0.29) is 11.8 Å². The molecule has 0 saturated heterocycles. The van der Waals surface area contributed by atoms with Gasteiger partial charge in [-0.05, 0) is 37.4 Å². The van der Waals surface area contributed by atoms with Gasteiger partial charge in [-0.1, -0.05) is 48.5 Å². The molecule has 0 unspecified atom stereocenters. The fourth-order valence-electron chi connectivity index (χ4n) is 3.10. The molecular formula is C24H20N4O2S. The topological polar surface area (TPSA) is 83.5 Å². The second-order valence-corrected chi connectivity index (χ2v) is 7.97. The van der Waals surface area contributed by atoms with Crippen molar-refractivity contribution in [2.24, 2.45) is 5.10 Å². The Kier molecular flexibility index (Phi) is 5.86. The third-order valence-electron chi connectivity index (χ3n) is 4.55. The number of hydrogen-bond donors (Lipinski definition) is 2. The quantitative estimate of drug-likeness (QED) is 0.332. The molecule has 0 atom stereocenters. The van der Waals surface area contributed by atoms with Gasteiger partial charge in [0.25, 0.3) is 11.8 Å². The Morgan fingerprint density at radius 3 is 2.42 bits per heavy atom. The van der Waals surface area contributed by atoms with Gasteiger partial charge < -0.3 is 5.32 Å². The number of fused-ring (bicyclic) bond motifs is 1. The summed E-state index contributed by atoms with van der Waals surface area (Å²) in [5, 5.41) is 9.80. The van der Waals surface area contributed by atoms with Crippen LogP contribution in [0.2, 0.25) is 0 Å². The first-order valence-corrected chi connectivity index (χ1v) is 10.6. The third-order valence-corrected chi connectivity index (χ3v) is 5.38. The minimum absolute atomic E-state index is 0.303. The molecule has 7 heteroatoms. The zero-order chi connectivity index (χ0) is 21.8. The molecule has 0 radical (unpaired) electrons. The molecule has 31 heavy (non-hydrogen) atoms. The summed E-state index contributed by atoms with van der Waals surface area (Å²) in [6.45, 7) is 3.57. The van der Waals surface area contributed by atoms with Gasteiger partial charge in [0.2, 0.25) is 0 Å². The summed E-state index contributed by atoms with van der Waals surface area (Å²) in [6, 6.07) is 20.7. The van der Waals surface area contributed by atoms with Crippen molar-refractivity contribution in [2.75, 3.05) is 5.32 Å². The number of hydrogen-bond acceptors (Lipinski definition) is 5. The van der Waals surface area contributed by atoms with Crippen molar-refractivity contribution >= 4 is 44.8 Å². The van der Waals surface area contributed by atoms with E-state index in [9.17, 15) is 9.59 Å². The van der Waals surface area contributed by atoms with Gasteiger partial charge in [0, 0.05) is 16.7 Å². The maximum atomic E-state index is 13.3. The molecule has 0 aliphatic rings. The molecule has 4 rings (SSSR count). The van der Waals surface area contributed by atoms with Crippen LogP contribution in [0.1, 0.15) is 34.6 Å². The van der Waals surface area contributed by atoms with Gasteiger partial charge >= 0.3 is 0 Å². The highest BCUT2D eigenvalue weighted by molar-refractivity contribution is 7.14. The van der Waals surface area contributed by atoms with E-state index in [1.54, 1.807) is 31.4 Å². The van der Waals surface area contributed by atoms with Crippen LogP contribution in [-0.2, 0) is 0 Å². The molecule has 0 saturated carbocycles. The van der Waals surface area contributed by atoms with Crippen molar-refractivity contribution in [3.63, 3.8) is 0 Å². The summed E-state index contributed by atoms with van der Waals surface area (Å²) in [4.78, 5) is 30.4. The number of carbonyl (C=O) groups excluding carboxylic acids is 2. The average molecular weight is 429 g/mol. The van der Waals surface area contributed by atoms with E-state index < -0.39 is 0 Å². The van der Waals surface area contributed by atoms with Crippen LogP contribution in [-0.4, -0.2) is 22.5 Å². The molecule has 2 aromatic heterocycles. The predicted molar refractivity (Wildman–Crippen MR) is 126 cm³/mol. The molecule has 0 aliphatic carbocycles. The van der Waals surface area contributed by atoms with Gasteiger partial charge in [-0.3, -0.25) is 9.59 Å². The molecule has 0 spiro atoms. The predicted octanol–water partition coefficient (Wildman–Crippen LogP) is 5.34. The number of pyridine rings is 1. The summed E-state index contributed by atoms with van der Waals surface area (Å²) >= 11 is 1.28. The fourth-order valence-corrected chi connectivity index (χ4v) is 3.88. The zero-order valence-electron chi connectivity index (χ0n) is 17.0. The molecule has 154 valence electrons. The number of para-hydroxylation sites is 1. The first kappa shape index (κ1) is 20.4. The van der Waals surface area contributed by atoms with Crippen LogP contribution < -0.4 is 10.7 Å². The highest BCUT2D eigenvalue weighted by Crippen LogP contribution is 2.28.